The lowest BCUT2D eigenvalue weighted by molar-refractivity contribution is 0.318. The van der Waals surface area contributed by atoms with Crippen molar-refractivity contribution in [3.05, 3.63) is 29.6 Å². The fourth-order valence-corrected chi connectivity index (χ4v) is 2.82. The SMILES string of the molecule is N/C(=N/O)c1cc(CNCC2(C3CC3)CC2)ccn1. The molecule has 3 rings (SSSR count). The lowest BCUT2D eigenvalue weighted by atomic mass is 10.0. The standard InChI is InChI=1S/C14H20N4O/c15-13(18-19)12-7-10(3-6-17-12)8-16-9-14(4-5-14)11-1-2-11/h3,6-7,11,16,19H,1-2,4-5,8-9H2,(H2,15,18). The minimum Gasteiger partial charge on any atom is -0.409 e. The van der Waals surface area contributed by atoms with Gasteiger partial charge in [-0.2, -0.15) is 0 Å². The summed E-state index contributed by atoms with van der Waals surface area (Å²) in [6.45, 7) is 1.92. The van der Waals surface area contributed by atoms with Gasteiger partial charge in [-0.3, -0.25) is 4.98 Å². The van der Waals surface area contributed by atoms with Crippen LogP contribution in [0.3, 0.4) is 0 Å². The third-order valence-corrected chi connectivity index (χ3v) is 4.34. The van der Waals surface area contributed by atoms with Crippen molar-refractivity contribution in [2.45, 2.75) is 32.2 Å². The first-order valence-corrected chi connectivity index (χ1v) is 6.87. The average molecular weight is 260 g/mol. The second kappa shape index (κ2) is 4.81. The Bertz CT molecular complexity index is 492. The summed E-state index contributed by atoms with van der Waals surface area (Å²) in [5, 5.41) is 15.2. The Kier molecular flexibility index (Phi) is 3.14. The fourth-order valence-electron chi connectivity index (χ4n) is 2.82. The van der Waals surface area contributed by atoms with Crippen molar-refractivity contribution in [3.8, 4) is 0 Å². The molecule has 0 saturated heterocycles. The van der Waals surface area contributed by atoms with E-state index in [0.29, 0.717) is 11.1 Å². The van der Waals surface area contributed by atoms with Crippen molar-refractivity contribution < 1.29 is 5.21 Å². The predicted octanol–water partition coefficient (Wildman–Crippen LogP) is 1.46. The molecule has 5 nitrogen and oxygen atoms in total. The molecule has 0 atom stereocenters. The van der Waals surface area contributed by atoms with E-state index in [2.05, 4.69) is 15.5 Å². The van der Waals surface area contributed by atoms with Crippen LogP contribution in [0.2, 0.25) is 0 Å². The molecule has 0 radical (unpaired) electrons. The Morgan fingerprint density at radius 1 is 1.53 bits per heavy atom. The van der Waals surface area contributed by atoms with Crippen LogP contribution < -0.4 is 11.1 Å². The van der Waals surface area contributed by atoms with Gasteiger partial charge in [0.2, 0.25) is 0 Å². The zero-order chi connectivity index (χ0) is 13.3. The fraction of sp³-hybridized carbons (Fsp3) is 0.571. The molecule has 0 unspecified atom stereocenters. The summed E-state index contributed by atoms with van der Waals surface area (Å²) >= 11 is 0. The second-order valence-electron chi connectivity index (χ2n) is 5.77. The number of pyridine rings is 1. The van der Waals surface area contributed by atoms with E-state index >= 15 is 0 Å². The third-order valence-electron chi connectivity index (χ3n) is 4.34. The van der Waals surface area contributed by atoms with Gasteiger partial charge in [-0.1, -0.05) is 5.16 Å². The smallest absolute Gasteiger partial charge is 0.188 e. The summed E-state index contributed by atoms with van der Waals surface area (Å²) in [6.07, 6.45) is 7.31. The first kappa shape index (κ1) is 12.4. The number of aromatic nitrogens is 1. The molecule has 0 spiro atoms. The molecule has 102 valence electrons. The Balaban J connectivity index is 1.55. The van der Waals surface area contributed by atoms with E-state index in [1.807, 2.05) is 12.1 Å². The number of nitrogens with one attached hydrogen (secondary N) is 1. The molecule has 0 amide bonds. The summed E-state index contributed by atoms with van der Waals surface area (Å²) in [5.41, 5.74) is 7.78. The van der Waals surface area contributed by atoms with E-state index in [-0.39, 0.29) is 5.84 Å². The number of amidine groups is 1. The Morgan fingerprint density at radius 3 is 2.95 bits per heavy atom. The molecule has 2 saturated carbocycles. The molecule has 0 aliphatic heterocycles. The highest BCUT2D eigenvalue weighted by Crippen LogP contribution is 2.60. The van der Waals surface area contributed by atoms with Gasteiger partial charge >= 0.3 is 0 Å². The molecule has 0 aromatic carbocycles. The van der Waals surface area contributed by atoms with Crippen molar-refractivity contribution in [1.82, 2.24) is 10.3 Å². The van der Waals surface area contributed by atoms with Gasteiger partial charge in [-0.05, 0) is 54.7 Å². The van der Waals surface area contributed by atoms with Crippen LogP contribution in [0.5, 0.6) is 0 Å². The van der Waals surface area contributed by atoms with Crippen LogP contribution in [0.4, 0.5) is 0 Å². The molecular weight excluding hydrogens is 240 g/mol. The zero-order valence-corrected chi connectivity index (χ0v) is 11.0. The van der Waals surface area contributed by atoms with Crippen LogP contribution in [-0.2, 0) is 6.54 Å². The topological polar surface area (TPSA) is 83.5 Å². The van der Waals surface area contributed by atoms with Gasteiger partial charge in [-0.15, -0.1) is 0 Å². The summed E-state index contributed by atoms with van der Waals surface area (Å²) in [7, 11) is 0. The monoisotopic (exact) mass is 260 g/mol. The van der Waals surface area contributed by atoms with E-state index in [1.54, 1.807) is 6.20 Å². The quantitative estimate of drug-likeness (QED) is 0.313. The number of nitrogens with two attached hydrogens (primary N) is 1. The maximum atomic E-state index is 8.65. The van der Waals surface area contributed by atoms with Crippen LogP contribution in [0.1, 0.15) is 36.9 Å². The Hall–Kier alpha value is -1.62. The maximum Gasteiger partial charge on any atom is 0.188 e. The molecule has 1 heterocycles. The summed E-state index contributed by atoms with van der Waals surface area (Å²) in [5.74, 6) is 1.03. The average Bonchev–Trinajstić information content (AvgIpc) is 3.29. The molecule has 2 aliphatic rings. The van der Waals surface area contributed by atoms with E-state index in [4.69, 9.17) is 10.9 Å². The van der Waals surface area contributed by atoms with E-state index in [0.717, 1.165) is 24.6 Å². The molecule has 19 heavy (non-hydrogen) atoms. The molecule has 1 aromatic rings. The lowest BCUT2D eigenvalue weighted by Gasteiger charge is -2.15. The van der Waals surface area contributed by atoms with Gasteiger partial charge in [0.15, 0.2) is 5.84 Å². The van der Waals surface area contributed by atoms with Crippen LogP contribution in [0.15, 0.2) is 23.5 Å². The van der Waals surface area contributed by atoms with Gasteiger partial charge < -0.3 is 16.3 Å². The molecule has 5 heteroatoms. The molecule has 2 fully saturated rings. The number of hydrogen-bond donors (Lipinski definition) is 3. The number of hydrogen-bond acceptors (Lipinski definition) is 4. The van der Waals surface area contributed by atoms with Crippen LogP contribution in [0.25, 0.3) is 0 Å². The van der Waals surface area contributed by atoms with Gasteiger partial charge in [0, 0.05) is 19.3 Å². The number of oxime groups is 1. The summed E-state index contributed by atoms with van der Waals surface area (Å²) in [6, 6.07) is 3.82. The molecule has 4 N–H and O–H groups in total. The van der Waals surface area contributed by atoms with Gasteiger partial charge in [0.1, 0.15) is 5.69 Å². The van der Waals surface area contributed by atoms with E-state index in [9.17, 15) is 0 Å². The first-order chi connectivity index (χ1) is 9.23. The van der Waals surface area contributed by atoms with Crippen molar-refractivity contribution >= 4 is 5.84 Å². The second-order valence-corrected chi connectivity index (χ2v) is 5.77. The van der Waals surface area contributed by atoms with Gasteiger partial charge in [0.05, 0.1) is 0 Å². The highest BCUT2D eigenvalue weighted by Gasteiger charge is 2.53. The van der Waals surface area contributed by atoms with Crippen molar-refractivity contribution in [1.29, 1.82) is 0 Å². The molecular formula is C14H20N4O. The molecule has 2 aliphatic carbocycles. The molecule has 1 aromatic heterocycles. The van der Waals surface area contributed by atoms with E-state index < -0.39 is 0 Å². The zero-order valence-electron chi connectivity index (χ0n) is 11.0. The Labute approximate surface area is 112 Å². The summed E-state index contributed by atoms with van der Waals surface area (Å²) in [4.78, 5) is 4.07. The van der Waals surface area contributed by atoms with Crippen LogP contribution in [-0.4, -0.2) is 22.6 Å². The largest absolute Gasteiger partial charge is 0.409 e. The highest BCUT2D eigenvalue weighted by atomic mass is 16.4. The highest BCUT2D eigenvalue weighted by molar-refractivity contribution is 5.95. The maximum absolute atomic E-state index is 8.65. The van der Waals surface area contributed by atoms with Gasteiger partial charge in [0.25, 0.3) is 0 Å². The van der Waals surface area contributed by atoms with Crippen LogP contribution in [0, 0.1) is 11.3 Å². The first-order valence-electron chi connectivity index (χ1n) is 6.87. The lowest BCUT2D eigenvalue weighted by Crippen LogP contribution is -2.25. The number of nitrogens with zero attached hydrogens (tertiary/aromatic N) is 2. The normalized spacial score (nSPS) is 21.4. The van der Waals surface area contributed by atoms with Crippen molar-refractivity contribution in [2.75, 3.05) is 6.54 Å². The van der Waals surface area contributed by atoms with Crippen molar-refractivity contribution in [3.63, 3.8) is 0 Å². The van der Waals surface area contributed by atoms with E-state index in [1.165, 1.54) is 25.7 Å². The van der Waals surface area contributed by atoms with Crippen molar-refractivity contribution in [2.24, 2.45) is 22.2 Å². The van der Waals surface area contributed by atoms with Gasteiger partial charge in [-0.25, -0.2) is 0 Å². The minimum absolute atomic E-state index is 0.0542. The summed E-state index contributed by atoms with van der Waals surface area (Å²) < 4.78 is 0. The Morgan fingerprint density at radius 2 is 2.32 bits per heavy atom. The number of rotatable bonds is 6. The third kappa shape index (κ3) is 2.71. The molecule has 0 bridgehead atoms. The minimum atomic E-state index is 0.0542. The predicted molar refractivity (Wildman–Crippen MR) is 72.8 cm³/mol. The van der Waals surface area contributed by atoms with Crippen LogP contribution >= 0.6 is 0 Å².